The molecule has 2 N–H and O–H groups in total. The molecular weight excluding hydrogens is 298 g/mol. The van der Waals surface area contributed by atoms with E-state index in [2.05, 4.69) is 17.4 Å². The first kappa shape index (κ1) is 19.4. The van der Waals surface area contributed by atoms with E-state index in [1.165, 1.54) is 14.0 Å². The van der Waals surface area contributed by atoms with Gasteiger partial charge in [-0.15, -0.1) is 0 Å². The zero-order valence-corrected chi connectivity index (χ0v) is 14.5. The summed E-state index contributed by atoms with van der Waals surface area (Å²) in [7, 11) is 1.48. The molecule has 1 aliphatic heterocycles. The van der Waals surface area contributed by atoms with Crippen molar-refractivity contribution >= 4 is 18.1 Å². The van der Waals surface area contributed by atoms with Gasteiger partial charge in [0.05, 0.1) is 0 Å². The van der Waals surface area contributed by atoms with Gasteiger partial charge < -0.3 is 15.3 Å². The zero-order valence-electron chi connectivity index (χ0n) is 14.5. The van der Waals surface area contributed by atoms with Gasteiger partial charge in [-0.2, -0.15) is 0 Å². The molecule has 0 radical (unpaired) electrons. The van der Waals surface area contributed by atoms with Gasteiger partial charge in [-0.1, -0.05) is 18.5 Å². The van der Waals surface area contributed by atoms with Crippen molar-refractivity contribution in [3.8, 4) is 0 Å². The lowest BCUT2D eigenvalue weighted by atomic mass is 9.95. The molecule has 2 unspecified atom stereocenters. The second kappa shape index (κ2) is 9.50. The summed E-state index contributed by atoms with van der Waals surface area (Å²) >= 11 is 0. The summed E-state index contributed by atoms with van der Waals surface area (Å²) in [5.74, 6) is -0.557. The van der Waals surface area contributed by atoms with Crippen LogP contribution in [0.25, 0.3) is 0 Å². The topological polar surface area (TPSA) is 91.2 Å². The van der Waals surface area contributed by atoms with E-state index in [9.17, 15) is 14.7 Å². The Hall–Kier alpha value is -1.63. The lowest BCUT2D eigenvalue weighted by Crippen LogP contribution is -2.45. The number of rotatable bonds is 9. The van der Waals surface area contributed by atoms with Crippen LogP contribution in [0.1, 0.15) is 40.0 Å². The van der Waals surface area contributed by atoms with Gasteiger partial charge in [0.15, 0.2) is 0 Å². The third-order valence-corrected chi connectivity index (χ3v) is 4.36. The molecule has 7 nitrogen and oxygen atoms in total. The summed E-state index contributed by atoms with van der Waals surface area (Å²) in [5.41, 5.74) is 0. The SMILES string of the molecule is CCCC(CN1C[C@H](C=NOC)C[C@@H]1C(=O)O)C(C)NC(C)=O. The Morgan fingerprint density at radius 3 is 2.74 bits per heavy atom. The summed E-state index contributed by atoms with van der Waals surface area (Å²) in [5, 5.41) is 16.2. The maximum absolute atomic E-state index is 11.5. The number of nitrogens with zero attached hydrogens (tertiary/aromatic N) is 2. The van der Waals surface area contributed by atoms with Gasteiger partial charge in [-0.05, 0) is 25.7 Å². The fraction of sp³-hybridized carbons (Fsp3) is 0.812. The zero-order chi connectivity index (χ0) is 17.4. The van der Waals surface area contributed by atoms with Crippen molar-refractivity contribution in [1.29, 1.82) is 0 Å². The first-order chi connectivity index (χ1) is 10.9. The van der Waals surface area contributed by atoms with E-state index in [-0.39, 0.29) is 23.8 Å². The molecule has 0 aromatic heterocycles. The third kappa shape index (κ3) is 6.17. The number of carbonyl (C=O) groups is 2. The van der Waals surface area contributed by atoms with Gasteiger partial charge in [0.25, 0.3) is 0 Å². The molecule has 1 rings (SSSR count). The molecule has 0 spiro atoms. The molecule has 4 atom stereocenters. The molecular formula is C16H29N3O4. The highest BCUT2D eigenvalue weighted by Gasteiger charge is 2.37. The van der Waals surface area contributed by atoms with Crippen molar-refractivity contribution in [3.05, 3.63) is 0 Å². The second-order valence-corrected chi connectivity index (χ2v) is 6.28. The fourth-order valence-corrected chi connectivity index (χ4v) is 3.26. The monoisotopic (exact) mass is 327 g/mol. The number of hydrogen-bond acceptors (Lipinski definition) is 5. The standard InChI is InChI=1S/C16H29N3O4/c1-5-6-14(11(2)18-12(3)20)10-19-9-13(8-17-23-4)7-15(19)16(21)22/h8,11,13-15H,5-7,9-10H2,1-4H3,(H,18,20)(H,21,22)/t11?,13-,14?,15+/m0/s1. The fourth-order valence-electron chi connectivity index (χ4n) is 3.26. The maximum Gasteiger partial charge on any atom is 0.320 e. The largest absolute Gasteiger partial charge is 0.480 e. The lowest BCUT2D eigenvalue weighted by Gasteiger charge is -2.30. The van der Waals surface area contributed by atoms with Gasteiger partial charge in [0.1, 0.15) is 13.2 Å². The van der Waals surface area contributed by atoms with E-state index >= 15 is 0 Å². The number of carbonyl (C=O) groups excluding carboxylic acids is 1. The molecule has 23 heavy (non-hydrogen) atoms. The van der Waals surface area contributed by atoms with Crippen LogP contribution >= 0.6 is 0 Å². The molecule has 0 aliphatic carbocycles. The lowest BCUT2D eigenvalue weighted by molar-refractivity contribution is -0.142. The predicted molar refractivity (Wildman–Crippen MR) is 88.3 cm³/mol. The highest BCUT2D eigenvalue weighted by Crippen LogP contribution is 2.25. The molecule has 1 saturated heterocycles. The van der Waals surface area contributed by atoms with Crippen LogP contribution in [0.3, 0.4) is 0 Å². The molecule has 132 valence electrons. The number of likely N-dealkylation sites (tertiary alicyclic amines) is 1. The second-order valence-electron chi connectivity index (χ2n) is 6.28. The number of carboxylic acid groups (broad SMARTS) is 1. The Bertz CT molecular complexity index is 428. The molecule has 0 saturated carbocycles. The van der Waals surface area contributed by atoms with Crippen LogP contribution in [-0.4, -0.2) is 60.4 Å². The maximum atomic E-state index is 11.5. The predicted octanol–water partition coefficient (Wildman–Crippen LogP) is 1.33. The average Bonchev–Trinajstić information content (AvgIpc) is 2.87. The van der Waals surface area contributed by atoms with Crippen molar-refractivity contribution in [2.24, 2.45) is 17.0 Å². The number of aliphatic carboxylic acids is 1. The summed E-state index contributed by atoms with van der Waals surface area (Å²) in [6.07, 6.45) is 4.16. The molecule has 1 heterocycles. The normalized spacial score (nSPS) is 24.5. The summed E-state index contributed by atoms with van der Waals surface area (Å²) < 4.78 is 0. The molecule has 0 aromatic carbocycles. The van der Waals surface area contributed by atoms with E-state index in [4.69, 9.17) is 4.84 Å². The molecule has 1 amide bonds. The van der Waals surface area contributed by atoms with Gasteiger partial charge in [0, 0.05) is 38.2 Å². The van der Waals surface area contributed by atoms with Crippen LogP contribution in [0.4, 0.5) is 0 Å². The smallest absolute Gasteiger partial charge is 0.320 e. The molecule has 0 aromatic rings. The first-order valence-corrected chi connectivity index (χ1v) is 8.19. The van der Waals surface area contributed by atoms with E-state index in [1.54, 1.807) is 6.21 Å². The van der Waals surface area contributed by atoms with Gasteiger partial charge in [0.2, 0.25) is 5.91 Å². The first-order valence-electron chi connectivity index (χ1n) is 8.19. The number of amides is 1. The van der Waals surface area contributed by atoms with E-state index in [0.717, 1.165) is 12.8 Å². The van der Waals surface area contributed by atoms with Crippen molar-refractivity contribution in [1.82, 2.24) is 10.2 Å². The molecule has 1 fully saturated rings. The van der Waals surface area contributed by atoms with Gasteiger partial charge in [-0.25, -0.2) is 0 Å². The third-order valence-electron chi connectivity index (χ3n) is 4.36. The minimum atomic E-state index is -0.805. The van der Waals surface area contributed by atoms with Crippen LogP contribution in [0.15, 0.2) is 5.16 Å². The summed E-state index contributed by atoms with van der Waals surface area (Å²) in [6, 6.07) is -0.485. The van der Waals surface area contributed by atoms with Crippen molar-refractivity contribution in [2.75, 3.05) is 20.2 Å². The molecule has 1 aliphatic rings. The minimum Gasteiger partial charge on any atom is -0.480 e. The Kier molecular flexibility index (Phi) is 8.02. The van der Waals surface area contributed by atoms with Crippen LogP contribution in [-0.2, 0) is 14.4 Å². The van der Waals surface area contributed by atoms with E-state index in [0.29, 0.717) is 19.5 Å². The van der Waals surface area contributed by atoms with Crippen LogP contribution in [0.2, 0.25) is 0 Å². The van der Waals surface area contributed by atoms with Crippen LogP contribution in [0, 0.1) is 11.8 Å². The van der Waals surface area contributed by atoms with Crippen molar-refractivity contribution < 1.29 is 19.5 Å². The highest BCUT2D eigenvalue weighted by molar-refractivity contribution is 5.75. The van der Waals surface area contributed by atoms with Gasteiger partial charge >= 0.3 is 5.97 Å². The van der Waals surface area contributed by atoms with E-state index in [1.807, 2.05) is 11.8 Å². The van der Waals surface area contributed by atoms with Gasteiger partial charge in [-0.3, -0.25) is 14.5 Å². The number of nitrogens with one attached hydrogen (secondary N) is 1. The Morgan fingerprint density at radius 1 is 1.52 bits per heavy atom. The molecule has 7 heteroatoms. The van der Waals surface area contributed by atoms with Crippen LogP contribution < -0.4 is 5.32 Å². The Morgan fingerprint density at radius 2 is 2.22 bits per heavy atom. The number of oxime groups is 1. The molecule has 0 bridgehead atoms. The number of hydrogen-bond donors (Lipinski definition) is 2. The van der Waals surface area contributed by atoms with Crippen molar-refractivity contribution in [2.45, 2.75) is 52.1 Å². The minimum absolute atomic E-state index is 0.0218. The number of carboxylic acids is 1. The Balaban J connectivity index is 2.76. The van der Waals surface area contributed by atoms with E-state index < -0.39 is 12.0 Å². The quantitative estimate of drug-likeness (QED) is 0.492. The van der Waals surface area contributed by atoms with Crippen molar-refractivity contribution in [3.63, 3.8) is 0 Å². The Labute approximate surface area is 138 Å². The summed E-state index contributed by atoms with van der Waals surface area (Å²) in [4.78, 5) is 29.5. The summed E-state index contributed by atoms with van der Waals surface area (Å²) in [6.45, 7) is 6.89. The highest BCUT2D eigenvalue weighted by atomic mass is 16.6. The van der Waals surface area contributed by atoms with Crippen LogP contribution in [0.5, 0.6) is 0 Å². The average molecular weight is 327 g/mol.